The van der Waals surface area contributed by atoms with Gasteiger partial charge in [0.2, 0.25) is 4.96 Å². The topological polar surface area (TPSA) is 65.7 Å². The minimum Gasteiger partial charge on any atom is -0.493 e. The van der Waals surface area contributed by atoms with Crippen LogP contribution in [0.4, 0.5) is 0 Å². The SMILES string of the molecule is COc1cc(/C=c2\sc3nc(-c4ccc(C)cc4)nn3c2=O)ccc1OCCC(C)C. The van der Waals surface area contributed by atoms with Crippen LogP contribution in [0.5, 0.6) is 11.5 Å². The van der Waals surface area contributed by atoms with Gasteiger partial charge in [-0.3, -0.25) is 4.79 Å². The van der Waals surface area contributed by atoms with E-state index in [0.717, 1.165) is 23.1 Å². The third kappa shape index (κ3) is 4.61. The molecule has 7 heteroatoms. The molecule has 0 atom stereocenters. The Bertz CT molecular complexity index is 1310. The fourth-order valence-corrected chi connectivity index (χ4v) is 4.02. The summed E-state index contributed by atoms with van der Waals surface area (Å²) in [5.41, 5.74) is 2.73. The highest BCUT2D eigenvalue weighted by Gasteiger charge is 2.12. The second-order valence-electron chi connectivity index (χ2n) is 7.85. The van der Waals surface area contributed by atoms with Gasteiger partial charge in [0, 0.05) is 5.56 Å². The first-order valence-electron chi connectivity index (χ1n) is 10.2. The van der Waals surface area contributed by atoms with E-state index in [0.29, 0.717) is 39.3 Å². The Kier molecular flexibility index (Phi) is 6.04. The van der Waals surface area contributed by atoms with Gasteiger partial charge in [-0.25, -0.2) is 0 Å². The Labute approximate surface area is 184 Å². The number of methoxy groups -OCH3 is 1. The molecule has 4 rings (SSSR count). The summed E-state index contributed by atoms with van der Waals surface area (Å²) in [6.07, 6.45) is 2.80. The Morgan fingerprint density at radius 3 is 2.58 bits per heavy atom. The number of aromatic nitrogens is 3. The number of hydrogen-bond acceptors (Lipinski definition) is 6. The van der Waals surface area contributed by atoms with Crippen molar-refractivity contribution in [2.45, 2.75) is 27.2 Å². The lowest BCUT2D eigenvalue weighted by Crippen LogP contribution is -2.23. The van der Waals surface area contributed by atoms with E-state index in [2.05, 4.69) is 23.9 Å². The number of rotatable bonds is 7. The average Bonchev–Trinajstić information content (AvgIpc) is 3.28. The second-order valence-corrected chi connectivity index (χ2v) is 8.86. The first-order chi connectivity index (χ1) is 14.9. The van der Waals surface area contributed by atoms with Crippen molar-refractivity contribution in [3.8, 4) is 22.9 Å². The monoisotopic (exact) mass is 435 g/mol. The van der Waals surface area contributed by atoms with Crippen molar-refractivity contribution in [1.82, 2.24) is 14.6 Å². The van der Waals surface area contributed by atoms with Crippen molar-refractivity contribution in [3.63, 3.8) is 0 Å². The maximum atomic E-state index is 12.8. The van der Waals surface area contributed by atoms with Gasteiger partial charge in [-0.05, 0) is 43.0 Å². The van der Waals surface area contributed by atoms with E-state index in [1.54, 1.807) is 7.11 Å². The third-order valence-corrected chi connectivity index (χ3v) is 5.89. The highest BCUT2D eigenvalue weighted by molar-refractivity contribution is 7.15. The smallest absolute Gasteiger partial charge is 0.291 e. The molecule has 0 bridgehead atoms. The van der Waals surface area contributed by atoms with Crippen LogP contribution in [0.1, 0.15) is 31.4 Å². The zero-order valence-electron chi connectivity index (χ0n) is 18.1. The summed E-state index contributed by atoms with van der Waals surface area (Å²) < 4.78 is 13.3. The Morgan fingerprint density at radius 2 is 1.90 bits per heavy atom. The molecule has 4 aromatic rings. The van der Waals surface area contributed by atoms with Gasteiger partial charge in [-0.15, -0.1) is 5.10 Å². The van der Waals surface area contributed by atoms with Crippen molar-refractivity contribution < 1.29 is 9.47 Å². The molecular weight excluding hydrogens is 410 g/mol. The van der Waals surface area contributed by atoms with Crippen molar-refractivity contribution in [2.24, 2.45) is 5.92 Å². The largest absolute Gasteiger partial charge is 0.493 e. The first-order valence-corrected chi connectivity index (χ1v) is 11.1. The summed E-state index contributed by atoms with van der Waals surface area (Å²) in [6.45, 7) is 6.99. The van der Waals surface area contributed by atoms with Gasteiger partial charge in [0.1, 0.15) is 0 Å². The molecule has 160 valence electrons. The van der Waals surface area contributed by atoms with Crippen molar-refractivity contribution >= 4 is 22.4 Å². The maximum absolute atomic E-state index is 12.8. The highest BCUT2D eigenvalue weighted by Crippen LogP contribution is 2.28. The lowest BCUT2D eigenvalue weighted by atomic mass is 10.1. The van der Waals surface area contributed by atoms with Crippen LogP contribution in [0.2, 0.25) is 0 Å². The molecule has 2 aromatic carbocycles. The standard InChI is InChI=1S/C24H25N3O3S/c1-15(2)11-12-30-19-10-7-17(13-20(19)29-4)14-21-23(28)27-24(31-21)25-22(26-27)18-8-5-16(3)6-9-18/h5-10,13-15H,11-12H2,1-4H3/b21-14-. The van der Waals surface area contributed by atoms with E-state index in [1.807, 2.05) is 55.5 Å². The molecule has 0 aliphatic carbocycles. The van der Waals surface area contributed by atoms with Gasteiger partial charge in [0.05, 0.1) is 18.2 Å². The highest BCUT2D eigenvalue weighted by atomic mass is 32.1. The number of benzene rings is 2. The average molecular weight is 436 g/mol. The van der Waals surface area contributed by atoms with Gasteiger partial charge in [0.25, 0.3) is 5.56 Å². The van der Waals surface area contributed by atoms with Crippen LogP contribution in [0.15, 0.2) is 47.3 Å². The summed E-state index contributed by atoms with van der Waals surface area (Å²) in [7, 11) is 1.61. The number of ether oxygens (including phenoxy) is 2. The predicted octanol–water partition coefficient (Wildman–Crippen LogP) is 4.11. The molecule has 0 fully saturated rings. The van der Waals surface area contributed by atoms with E-state index in [4.69, 9.17) is 9.47 Å². The maximum Gasteiger partial charge on any atom is 0.291 e. The first kappa shape index (κ1) is 21.1. The molecule has 0 saturated heterocycles. The van der Waals surface area contributed by atoms with Crippen LogP contribution in [0.3, 0.4) is 0 Å². The lowest BCUT2D eigenvalue weighted by Gasteiger charge is -2.12. The molecule has 0 saturated carbocycles. The molecule has 0 amide bonds. The van der Waals surface area contributed by atoms with Gasteiger partial charge in [-0.2, -0.15) is 9.50 Å². The molecular formula is C24H25N3O3S. The lowest BCUT2D eigenvalue weighted by molar-refractivity contribution is 0.273. The Hall–Kier alpha value is -3.19. The van der Waals surface area contributed by atoms with E-state index in [9.17, 15) is 4.79 Å². The number of thiazole rings is 1. The predicted molar refractivity (Wildman–Crippen MR) is 124 cm³/mol. The molecule has 0 radical (unpaired) electrons. The fourth-order valence-electron chi connectivity index (χ4n) is 3.11. The van der Waals surface area contributed by atoms with Crippen LogP contribution in [-0.4, -0.2) is 28.3 Å². The summed E-state index contributed by atoms with van der Waals surface area (Å²) in [4.78, 5) is 18.0. The quantitative estimate of drug-likeness (QED) is 0.437. The number of nitrogens with zero attached hydrogens (tertiary/aromatic N) is 3. The second kappa shape index (κ2) is 8.89. The molecule has 2 aromatic heterocycles. The van der Waals surface area contributed by atoms with Crippen molar-refractivity contribution in [2.75, 3.05) is 13.7 Å². The molecule has 0 aliphatic heterocycles. The zero-order chi connectivity index (χ0) is 22.0. The third-order valence-electron chi connectivity index (χ3n) is 4.93. The van der Waals surface area contributed by atoms with E-state index in [1.165, 1.54) is 15.9 Å². The Morgan fingerprint density at radius 1 is 1.13 bits per heavy atom. The van der Waals surface area contributed by atoms with Gasteiger partial charge in [0.15, 0.2) is 17.3 Å². The molecule has 2 heterocycles. The molecule has 31 heavy (non-hydrogen) atoms. The van der Waals surface area contributed by atoms with Crippen LogP contribution in [-0.2, 0) is 0 Å². The zero-order valence-corrected chi connectivity index (χ0v) is 18.9. The molecule has 0 unspecified atom stereocenters. The molecule has 0 aliphatic rings. The molecule has 0 N–H and O–H groups in total. The summed E-state index contributed by atoms with van der Waals surface area (Å²) in [5, 5.41) is 4.41. The van der Waals surface area contributed by atoms with Gasteiger partial charge in [-0.1, -0.05) is 61.1 Å². The van der Waals surface area contributed by atoms with E-state index < -0.39 is 0 Å². The molecule has 0 spiro atoms. The van der Waals surface area contributed by atoms with E-state index >= 15 is 0 Å². The fraction of sp³-hybridized carbons (Fsp3) is 0.292. The minimum atomic E-state index is -0.179. The van der Waals surface area contributed by atoms with Gasteiger partial charge >= 0.3 is 0 Å². The van der Waals surface area contributed by atoms with Crippen LogP contribution < -0.4 is 19.6 Å². The molecule has 6 nitrogen and oxygen atoms in total. The minimum absolute atomic E-state index is 0.179. The number of aryl methyl sites for hydroxylation is 1. The normalized spacial score (nSPS) is 12.1. The number of fused-ring (bicyclic) bond motifs is 1. The van der Waals surface area contributed by atoms with E-state index in [-0.39, 0.29) is 5.56 Å². The summed E-state index contributed by atoms with van der Waals surface area (Å²) in [6, 6.07) is 13.6. The van der Waals surface area contributed by atoms with Crippen molar-refractivity contribution in [3.05, 3.63) is 68.5 Å². The van der Waals surface area contributed by atoms with Crippen molar-refractivity contribution in [1.29, 1.82) is 0 Å². The van der Waals surface area contributed by atoms with Crippen LogP contribution in [0, 0.1) is 12.8 Å². The summed E-state index contributed by atoms with van der Waals surface area (Å²) >= 11 is 1.32. The van der Waals surface area contributed by atoms with Crippen LogP contribution >= 0.6 is 11.3 Å². The number of hydrogen-bond donors (Lipinski definition) is 0. The Balaban J connectivity index is 1.63. The summed E-state index contributed by atoms with van der Waals surface area (Å²) in [5.74, 6) is 2.48. The van der Waals surface area contributed by atoms with Crippen LogP contribution in [0.25, 0.3) is 22.4 Å². The van der Waals surface area contributed by atoms with Gasteiger partial charge < -0.3 is 9.47 Å².